The summed E-state index contributed by atoms with van der Waals surface area (Å²) in [7, 11) is 0. The Morgan fingerprint density at radius 1 is 1.40 bits per heavy atom. The average molecular weight is 297 g/mol. The normalized spacial score (nSPS) is 23.1. The molecule has 2 N–H and O–H groups in total. The largest absolute Gasteiger partial charge is 0.394 e. The van der Waals surface area contributed by atoms with Crippen molar-refractivity contribution in [1.29, 1.82) is 0 Å². The first-order chi connectivity index (χ1) is 9.78. The van der Waals surface area contributed by atoms with Crippen molar-refractivity contribution in [2.45, 2.75) is 31.5 Å². The van der Waals surface area contributed by atoms with Gasteiger partial charge in [-0.15, -0.1) is 0 Å². The molecule has 1 aromatic rings. The maximum absolute atomic E-state index is 9.45. The summed E-state index contributed by atoms with van der Waals surface area (Å²) in [6.45, 7) is 2.96. The van der Waals surface area contributed by atoms with Crippen molar-refractivity contribution in [2.75, 3.05) is 31.3 Å². The van der Waals surface area contributed by atoms with E-state index in [1.807, 2.05) is 6.07 Å². The van der Waals surface area contributed by atoms with E-state index >= 15 is 0 Å². The van der Waals surface area contributed by atoms with Gasteiger partial charge in [0.15, 0.2) is 0 Å². The minimum Gasteiger partial charge on any atom is -0.394 e. The number of ether oxygens (including phenoxy) is 1. The van der Waals surface area contributed by atoms with Crippen LogP contribution in [0.1, 0.15) is 18.4 Å². The van der Waals surface area contributed by atoms with E-state index in [1.165, 1.54) is 18.4 Å². The standard InChI is InChI=1S/C15H21ClN2O2/c16-14-7-11(8-17-12-2-3-12)1-4-15(14)18-5-6-20-10-13(18)9-19/h1,4,7,12-13,17,19H,2-3,5-6,8-10H2. The van der Waals surface area contributed by atoms with E-state index in [-0.39, 0.29) is 12.6 Å². The van der Waals surface area contributed by atoms with Crippen LogP contribution in [0.2, 0.25) is 5.02 Å². The van der Waals surface area contributed by atoms with Crippen LogP contribution in [0.5, 0.6) is 0 Å². The fraction of sp³-hybridized carbons (Fsp3) is 0.600. The van der Waals surface area contributed by atoms with Crippen LogP contribution in [0, 0.1) is 0 Å². The summed E-state index contributed by atoms with van der Waals surface area (Å²) in [5.41, 5.74) is 2.20. The number of morpholine rings is 1. The molecular weight excluding hydrogens is 276 g/mol. The summed E-state index contributed by atoms with van der Waals surface area (Å²) < 4.78 is 5.41. The number of rotatable bonds is 5. The molecule has 3 rings (SSSR count). The molecule has 1 aliphatic heterocycles. The second-order valence-electron chi connectivity index (χ2n) is 5.55. The third-order valence-corrected chi connectivity index (χ3v) is 4.23. The molecule has 110 valence electrons. The van der Waals surface area contributed by atoms with Crippen molar-refractivity contribution in [2.24, 2.45) is 0 Å². The number of aliphatic hydroxyl groups is 1. The molecule has 5 heteroatoms. The Morgan fingerprint density at radius 2 is 2.25 bits per heavy atom. The van der Waals surface area contributed by atoms with Gasteiger partial charge in [-0.1, -0.05) is 17.7 Å². The van der Waals surface area contributed by atoms with Crippen molar-refractivity contribution in [3.05, 3.63) is 28.8 Å². The summed E-state index contributed by atoms with van der Waals surface area (Å²) in [6, 6.07) is 6.89. The van der Waals surface area contributed by atoms with Crippen LogP contribution in [-0.2, 0) is 11.3 Å². The predicted octanol–water partition coefficient (Wildman–Crippen LogP) is 1.79. The predicted molar refractivity (Wildman–Crippen MR) is 80.4 cm³/mol. The van der Waals surface area contributed by atoms with Gasteiger partial charge < -0.3 is 20.1 Å². The van der Waals surface area contributed by atoms with Crippen LogP contribution >= 0.6 is 11.6 Å². The third kappa shape index (κ3) is 3.26. The van der Waals surface area contributed by atoms with Crippen LogP contribution in [0.3, 0.4) is 0 Å². The molecule has 1 aromatic carbocycles. The summed E-state index contributed by atoms with van der Waals surface area (Å²) in [4.78, 5) is 2.14. The van der Waals surface area contributed by atoms with Gasteiger partial charge in [-0.05, 0) is 30.5 Å². The maximum Gasteiger partial charge on any atom is 0.0756 e. The number of aliphatic hydroxyl groups excluding tert-OH is 1. The van der Waals surface area contributed by atoms with Crippen molar-refractivity contribution in [3.8, 4) is 0 Å². The Labute approximate surface area is 124 Å². The topological polar surface area (TPSA) is 44.7 Å². The van der Waals surface area contributed by atoms with Gasteiger partial charge in [-0.2, -0.15) is 0 Å². The number of halogens is 1. The molecule has 1 saturated carbocycles. The SMILES string of the molecule is OCC1COCCN1c1ccc(CNC2CC2)cc1Cl. The minimum atomic E-state index is -0.00307. The van der Waals surface area contributed by atoms with E-state index in [0.717, 1.165) is 23.8 Å². The summed E-state index contributed by atoms with van der Waals surface area (Å²) >= 11 is 6.42. The van der Waals surface area contributed by atoms with Crippen LogP contribution in [0.15, 0.2) is 18.2 Å². The smallest absolute Gasteiger partial charge is 0.0756 e. The van der Waals surface area contributed by atoms with Gasteiger partial charge in [0.05, 0.1) is 36.6 Å². The zero-order valence-electron chi connectivity index (χ0n) is 11.5. The van der Waals surface area contributed by atoms with Gasteiger partial charge in [0.2, 0.25) is 0 Å². The number of hydrogen-bond acceptors (Lipinski definition) is 4. The highest BCUT2D eigenvalue weighted by atomic mass is 35.5. The lowest BCUT2D eigenvalue weighted by Gasteiger charge is -2.36. The fourth-order valence-corrected chi connectivity index (χ4v) is 2.88. The molecule has 1 heterocycles. The number of hydrogen-bond donors (Lipinski definition) is 2. The monoisotopic (exact) mass is 296 g/mol. The Kier molecular flexibility index (Phi) is 4.46. The zero-order valence-corrected chi connectivity index (χ0v) is 12.3. The molecular formula is C15H21ClN2O2. The molecule has 2 fully saturated rings. The van der Waals surface area contributed by atoms with E-state index in [9.17, 15) is 5.11 Å². The van der Waals surface area contributed by atoms with E-state index in [2.05, 4.69) is 22.3 Å². The number of nitrogens with one attached hydrogen (secondary N) is 1. The number of benzene rings is 1. The molecule has 2 aliphatic rings. The lowest BCUT2D eigenvalue weighted by molar-refractivity contribution is 0.0727. The van der Waals surface area contributed by atoms with Gasteiger partial charge in [-0.3, -0.25) is 0 Å². The lowest BCUT2D eigenvalue weighted by atomic mass is 10.1. The Balaban J connectivity index is 1.71. The highest BCUT2D eigenvalue weighted by Gasteiger charge is 2.24. The van der Waals surface area contributed by atoms with Crippen LogP contribution in [0.4, 0.5) is 5.69 Å². The molecule has 4 nitrogen and oxygen atoms in total. The molecule has 1 atom stereocenters. The second-order valence-corrected chi connectivity index (χ2v) is 5.95. The van der Waals surface area contributed by atoms with Crippen molar-refractivity contribution < 1.29 is 9.84 Å². The van der Waals surface area contributed by atoms with Crippen molar-refractivity contribution >= 4 is 17.3 Å². The first-order valence-electron chi connectivity index (χ1n) is 7.25. The van der Waals surface area contributed by atoms with Crippen molar-refractivity contribution in [1.82, 2.24) is 5.32 Å². The highest BCUT2D eigenvalue weighted by molar-refractivity contribution is 6.33. The highest BCUT2D eigenvalue weighted by Crippen LogP contribution is 2.30. The molecule has 1 unspecified atom stereocenters. The molecule has 1 aliphatic carbocycles. The van der Waals surface area contributed by atoms with Crippen LogP contribution in [0.25, 0.3) is 0 Å². The Hall–Kier alpha value is -0.810. The van der Waals surface area contributed by atoms with Gasteiger partial charge >= 0.3 is 0 Å². The summed E-state index contributed by atoms with van der Waals surface area (Å²) in [5.74, 6) is 0. The van der Waals surface area contributed by atoms with E-state index in [0.29, 0.717) is 19.3 Å². The molecule has 20 heavy (non-hydrogen) atoms. The second kappa shape index (κ2) is 6.31. The maximum atomic E-state index is 9.45. The van der Waals surface area contributed by atoms with Crippen LogP contribution < -0.4 is 10.2 Å². The van der Waals surface area contributed by atoms with Gasteiger partial charge in [0, 0.05) is 19.1 Å². The first-order valence-corrected chi connectivity index (χ1v) is 7.63. The summed E-state index contributed by atoms with van der Waals surface area (Å²) in [6.07, 6.45) is 2.58. The van der Waals surface area contributed by atoms with Gasteiger partial charge in [0.25, 0.3) is 0 Å². The molecule has 0 spiro atoms. The first kappa shape index (κ1) is 14.1. The molecule has 1 saturated heterocycles. The number of anilines is 1. The summed E-state index contributed by atoms with van der Waals surface area (Å²) in [5, 5.41) is 13.7. The van der Waals surface area contributed by atoms with E-state index in [1.54, 1.807) is 0 Å². The van der Waals surface area contributed by atoms with Gasteiger partial charge in [0.1, 0.15) is 0 Å². The number of nitrogens with zero attached hydrogens (tertiary/aromatic N) is 1. The third-order valence-electron chi connectivity index (χ3n) is 3.93. The van der Waals surface area contributed by atoms with E-state index in [4.69, 9.17) is 16.3 Å². The van der Waals surface area contributed by atoms with Gasteiger partial charge in [-0.25, -0.2) is 0 Å². The fourth-order valence-electron chi connectivity index (χ4n) is 2.57. The molecule has 0 radical (unpaired) electrons. The quantitative estimate of drug-likeness (QED) is 0.869. The van der Waals surface area contributed by atoms with Crippen LogP contribution in [-0.4, -0.2) is 43.6 Å². The molecule has 0 bridgehead atoms. The molecule has 0 aromatic heterocycles. The Morgan fingerprint density at radius 3 is 2.95 bits per heavy atom. The minimum absolute atomic E-state index is 0.00307. The Bertz CT molecular complexity index is 465. The van der Waals surface area contributed by atoms with E-state index < -0.39 is 0 Å². The van der Waals surface area contributed by atoms with Crippen molar-refractivity contribution in [3.63, 3.8) is 0 Å². The zero-order chi connectivity index (χ0) is 13.9. The molecule has 0 amide bonds. The lowest BCUT2D eigenvalue weighted by Crippen LogP contribution is -2.47. The average Bonchev–Trinajstić information content (AvgIpc) is 3.29.